The Morgan fingerprint density at radius 1 is 1.42 bits per heavy atom. The average Bonchev–Trinajstić information content (AvgIpc) is 3.18. The van der Waals surface area contributed by atoms with Crippen molar-refractivity contribution in [2.45, 2.75) is 51.2 Å². The quantitative estimate of drug-likeness (QED) is 0.730. The number of morpholine rings is 1. The maximum atomic E-state index is 9.95. The lowest BCUT2D eigenvalue weighted by Crippen LogP contribution is -2.61. The summed E-state index contributed by atoms with van der Waals surface area (Å²) in [6, 6.07) is 0. The highest BCUT2D eigenvalue weighted by atomic mass is 16.5. The molecular formula is C15H30N2O2. The molecule has 2 fully saturated rings. The van der Waals surface area contributed by atoms with Gasteiger partial charge in [0.15, 0.2) is 0 Å². The van der Waals surface area contributed by atoms with Gasteiger partial charge < -0.3 is 15.2 Å². The second kappa shape index (κ2) is 6.08. The zero-order valence-electron chi connectivity index (χ0n) is 12.7. The van der Waals surface area contributed by atoms with Gasteiger partial charge in [-0.15, -0.1) is 0 Å². The van der Waals surface area contributed by atoms with Crippen molar-refractivity contribution in [3.63, 3.8) is 0 Å². The number of hydrogen-bond donors (Lipinski definition) is 2. The summed E-state index contributed by atoms with van der Waals surface area (Å²) in [4.78, 5) is 2.46. The molecule has 1 atom stereocenters. The van der Waals surface area contributed by atoms with Gasteiger partial charge in [-0.2, -0.15) is 0 Å². The van der Waals surface area contributed by atoms with Crippen molar-refractivity contribution in [1.82, 2.24) is 10.2 Å². The number of rotatable bonds is 7. The molecule has 4 heteroatoms. The van der Waals surface area contributed by atoms with Crippen LogP contribution in [0.4, 0.5) is 0 Å². The Labute approximate surface area is 117 Å². The summed E-state index contributed by atoms with van der Waals surface area (Å²) >= 11 is 0. The smallest absolute Gasteiger partial charge is 0.0753 e. The minimum absolute atomic E-state index is 0.0618. The van der Waals surface area contributed by atoms with Crippen LogP contribution in [0.5, 0.6) is 0 Å². The van der Waals surface area contributed by atoms with E-state index in [1.54, 1.807) is 0 Å². The van der Waals surface area contributed by atoms with Gasteiger partial charge in [-0.3, -0.25) is 4.90 Å². The lowest BCUT2D eigenvalue weighted by atomic mass is 9.92. The first-order chi connectivity index (χ1) is 9.01. The topological polar surface area (TPSA) is 44.7 Å². The fraction of sp³-hybridized carbons (Fsp3) is 1.00. The van der Waals surface area contributed by atoms with E-state index in [2.05, 4.69) is 31.0 Å². The summed E-state index contributed by atoms with van der Waals surface area (Å²) in [5, 5.41) is 13.6. The standard InChI is InChI=1S/C15H30N2O2/c1-4-7-16-15(12-18,13-5-6-13)11-17-8-9-19-14(2,3)10-17/h13,16,18H,4-12H2,1-3H3. The van der Waals surface area contributed by atoms with Crippen LogP contribution in [0.25, 0.3) is 0 Å². The van der Waals surface area contributed by atoms with Gasteiger partial charge in [-0.25, -0.2) is 0 Å². The molecule has 0 amide bonds. The first-order valence-corrected chi connectivity index (χ1v) is 7.73. The van der Waals surface area contributed by atoms with Crippen LogP contribution in [0.2, 0.25) is 0 Å². The van der Waals surface area contributed by atoms with Crippen molar-refractivity contribution in [1.29, 1.82) is 0 Å². The third kappa shape index (κ3) is 3.91. The van der Waals surface area contributed by atoms with Gasteiger partial charge in [0.25, 0.3) is 0 Å². The first-order valence-electron chi connectivity index (χ1n) is 7.73. The van der Waals surface area contributed by atoms with Gasteiger partial charge in [0, 0.05) is 19.6 Å². The second-order valence-corrected chi connectivity index (χ2v) is 6.83. The van der Waals surface area contributed by atoms with Crippen molar-refractivity contribution in [3.8, 4) is 0 Å². The lowest BCUT2D eigenvalue weighted by Gasteiger charge is -2.44. The first kappa shape index (κ1) is 15.2. The fourth-order valence-corrected chi connectivity index (χ4v) is 3.22. The van der Waals surface area contributed by atoms with Gasteiger partial charge in [-0.05, 0) is 45.6 Å². The predicted molar refractivity (Wildman–Crippen MR) is 77.3 cm³/mol. The fourth-order valence-electron chi connectivity index (χ4n) is 3.22. The number of nitrogens with one attached hydrogen (secondary N) is 1. The number of ether oxygens (including phenoxy) is 1. The average molecular weight is 270 g/mol. The zero-order chi connectivity index (χ0) is 13.9. The Bertz CT molecular complexity index is 292. The van der Waals surface area contributed by atoms with Gasteiger partial charge in [0.05, 0.1) is 24.4 Å². The molecule has 19 heavy (non-hydrogen) atoms. The molecule has 1 heterocycles. The van der Waals surface area contributed by atoms with E-state index in [4.69, 9.17) is 4.74 Å². The Kier molecular flexibility index (Phi) is 4.88. The maximum Gasteiger partial charge on any atom is 0.0753 e. The maximum absolute atomic E-state index is 9.95. The van der Waals surface area contributed by atoms with Crippen molar-refractivity contribution < 1.29 is 9.84 Å². The molecule has 112 valence electrons. The number of hydrogen-bond acceptors (Lipinski definition) is 4. The van der Waals surface area contributed by atoms with Gasteiger partial charge in [0.2, 0.25) is 0 Å². The summed E-state index contributed by atoms with van der Waals surface area (Å²) in [7, 11) is 0. The van der Waals surface area contributed by atoms with Crippen molar-refractivity contribution >= 4 is 0 Å². The van der Waals surface area contributed by atoms with E-state index in [9.17, 15) is 5.11 Å². The molecule has 1 aliphatic carbocycles. The largest absolute Gasteiger partial charge is 0.394 e. The molecule has 1 aliphatic heterocycles. The number of nitrogens with zero attached hydrogens (tertiary/aromatic N) is 1. The number of aliphatic hydroxyl groups excluding tert-OH is 1. The van der Waals surface area contributed by atoms with Gasteiger partial charge in [-0.1, -0.05) is 6.92 Å². The van der Waals surface area contributed by atoms with Gasteiger partial charge >= 0.3 is 0 Å². The van der Waals surface area contributed by atoms with Gasteiger partial charge in [0.1, 0.15) is 0 Å². The van der Waals surface area contributed by atoms with E-state index in [1.807, 2.05) is 0 Å². The summed E-state index contributed by atoms with van der Waals surface area (Å²) < 4.78 is 5.78. The SMILES string of the molecule is CCCNC(CO)(CN1CCOC(C)(C)C1)C1CC1. The van der Waals surface area contributed by atoms with Crippen LogP contribution in [-0.4, -0.2) is 60.5 Å². The Balaban J connectivity index is 1.98. The Morgan fingerprint density at radius 3 is 2.68 bits per heavy atom. The highest BCUT2D eigenvalue weighted by Gasteiger charge is 2.46. The Hall–Kier alpha value is -0.160. The van der Waals surface area contributed by atoms with Crippen LogP contribution in [0.1, 0.15) is 40.0 Å². The van der Waals surface area contributed by atoms with Crippen LogP contribution in [-0.2, 0) is 4.74 Å². The van der Waals surface area contributed by atoms with Crippen molar-refractivity contribution in [3.05, 3.63) is 0 Å². The van der Waals surface area contributed by atoms with E-state index < -0.39 is 0 Å². The summed E-state index contributed by atoms with van der Waals surface area (Å²) in [6.45, 7) is 11.4. The molecule has 1 saturated carbocycles. The predicted octanol–water partition coefficient (Wildman–Crippen LogP) is 1.24. The van der Waals surface area contributed by atoms with E-state index >= 15 is 0 Å². The third-order valence-corrected chi connectivity index (χ3v) is 4.38. The van der Waals surface area contributed by atoms with E-state index in [1.165, 1.54) is 12.8 Å². The minimum atomic E-state index is -0.0938. The molecule has 0 spiro atoms. The molecular weight excluding hydrogens is 240 g/mol. The van der Waals surface area contributed by atoms with E-state index in [0.29, 0.717) is 5.92 Å². The molecule has 1 saturated heterocycles. The molecule has 0 aromatic carbocycles. The number of aliphatic hydroxyl groups is 1. The lowest BCUT2D eigenvalue weighted by molar-refractivity contribution is -0.0945. The van der Waals surface area contributed by atoms with Crippen molar-refractivity contribution in [2.24, 2.45) is 5.92 Å². The minimum Gasteiger partial charge on any atom is -0.394 e. The summed E-state index contributed by atoms with van der Waals surface area (Å²) in [6.07, 6.45) is 3.62. The normalized spacial score (nSPS) is 27.2. The van der Waals surface area contributed by atoms with E-state index in [-0.39, 0.29) is 17.7 Å². The molecule has 0 aromatic heterocycles. The van der Waals surface area contributed by atoms with Crippen LogP contribution in [0.3, 0.4) is 0 Å². The Morgan fingerprint density at radius 2 is 2.16 bits per heavy atom. The second-order valence-electron chi connectivity index (χ2n) is 6.83. The zero-order valence-corrected chi connectivity index (χ0v) is 12.7. The molecule has 1 unspecified atom stereocenters. The molecule has 0 bridgehead atoms. The molecule has 4 nitrogen and oxygen atoms in total. The highest BCUT2D eigenvalue weighted by Crippen LogP contribution is 2.40. The highest BCUT2D eigenvalue weighted by molar-refractivity contribution is 5.03. The van der Waals surface area contributed by atoms with Crippen LogP contribution >= 0.6 is 0 Å². The molecule has 0 aromatic rings. The summed E-state index contributed by atoms with van der Waals surface area (Å²) in [5.41, 5.74) is -0.156. The van der Waals surface area contributed by atoms with Crippen LogP contribution in [0, 0.1) is 5.92 Å². The molecule has 2 N–H and O–H groups in total. The monoisotopic (exact) mass is 270 g/mol. The molecule has 2 aliphatic rings. The summed E-state index contributed by atoms with van der Waals surface area (Å²) in [5.74, 6) is 0.648. The third-order valence-electron chi connectivity index (χ3n) is 4.38. The van der Waals surface area contributed by atoms with Crippen LogP contribution < -0.4 is 5.32 Å². The molecule has 2 rings (SSSR count). The molecule has 0 radical (unpaired) electrons. The van der Waals surface area contributed by atoms with Crippen LogP contribution in [0.15, 0.2) is 0 Å². The van der Waals surface area contributed by atoms with Crippen molar-refractivity contribution in [2.75, 3.05) is 39.4 Å². The van der Waals surface area contributed by atoms with E-state index in [0.717, 1.165) is 39.2 Å².